The molecule has 0 saturated heterocycles. The summed E-state index contributed by atoms with van der Waals surface area (Å²) in [5.74, 6) is 1.39. The molecule has 1 aliphatic heterocycles. The molecule has 2 aromatic rings. The standard InChI is InChI=1S/C13H15N5/c14-11-8-12(17-13(15)16-11)18-7-3-5-9-4-1-2-6-10(9)18/h1-2,4,6,8H,3,5,7H2,(H4,14,15,16,17). The Morgan fingerprint density at radius 1 is 1.11 bits per heavy atom. The van der Waals surface area contributed by atoms with Gasteiger partial charge in [-0.3, -0.25) is 0 Å². The molecule has 1 aromatic carbocycles. The lowest BCUT2D eigenvalue weighted by atomic mass is 10.0. The largest absolute Gasteiger partial charge is 0.383 e. The van der Waals surface area contributed by atoms with Crippen molar-refractivity contribution in [2.75, 3.05) is 22.9 Å². The van der Waals surface area contributed by atoms with Gasteiger partial charge in [-0.15, -0.1) is 0 Å². The number of hydrogen-bond acceptors (Lipinski definition) is 5. The van der Waals surface area contributed by atoms with Gasteiger partial charge in [-0.25, -0.2) is 0 Å². The number of fused-ring (bicyclic) bond motifs is 1. The van der Waals surface area contributed by atoms with E-state index in [1.807, 2.05) is 6.07 Å². The summed E-state index contributed by atoms with van der Waals surface area (Å²) in [6, 6.07) is 10.1. The van der Waals surface area contributed by atoms with Crippen LogP contribution in [0.4, 0.5) is 23.3 Å². The van der Waals surface area contributed by atoms with E-state index < -0.39 is 0 Å². The molecule has 0 amide bonds. The molecule has 0 spiro atoms. The third kappa shape index (κ3) is 1.84. The fraction of sp³-hybridized carbons (Fsp3) is 0.231. The Kier molecular flexibility index (Phi) is 2.51. The summed E-state index contributed by atoms with van der Waals surface area (Å²) in [4.78, 5) is 10.3. The van der Waals surface area contributed by atoms with Crippen LogP contribution in [0.25, 0.3) is 0 Å². The maximum Gasteiger partial charge on any atom is 0.223 e. The van der Waals surface area contributed by atoms with Gasteiger partial charge in [-0.05, 0) is 24.5 Å². The first-order valence-corrected chi connectivity index (χ1v) is 5.99. The SMILES string of the molecule is Nc1cc(N2CCCc3ccccc32)nc(N)n1. The Balaban J connectivity index is 2.08. The first kappa shape index (κ1) is 10.8. The molecule has 3 rings (SSSR count). The summed E-state index contributed by atoms with van der Waals surface area (Å²) in [5, 5.41) is 0. The van der Waals surface area contributed by atoms with Gasteiger partial charge in [0.05, 0.1) is 0 Å². The van der Waals surface area contributed by atoms with Crippen LogP contribution in [-0.4, -0.2) is 16.5 Å². The fourth-order valence-corrected chi connectivity index (χ4v) is 2.38. The van der Waals surface area contributed by atoms with Crippen LogP contribution in [0.1, 0.15) is 12.0 Å². The number of hydrogen-bond donors (Lipinski definition) is 2. The number of para-hydroxylation sites is 1. The van der Waals surface area contributed by atoms with Crippen LogP contribution in [0.3, 0.4) is 0 Å². The van der Waals surface area contributed by atoms with Crippen molar-refractivity contribution in [3.8, 4) is 0 Å². The van der Waals surface area contributed by atoms with Crippen LogP contribution in [-0.2, 0) is 6.42 Å². The number of aryl methyl sites for hydroxylation is 1. The lowest BCUT2D eigenvalue weighted by Gasteiger charge is -2.30. The molecule has 5 nitrogen and oxygen atoms in total. The van der Waals surface area contributed by atoms with Gasteiger partial charge in [0.2, 0.25) is 5.95 Å². The van der Waals surface area contributed by atoms with Crippen molar-refractivity contribution in [3.63, 3.8) is 0 Å². The number of nitrogens with two attached hydrogens (primary N) is 2. The minimum atomic E-state index is 0.216. The zero-order chi connectivity index (χ0) is 12.5. The molecule has 0 aliphatic carbocycles. The molecule has 0 unspecified atom stereocenters. The summed E-state index contributed by atoms with van der Waals surface area (Å²) in [6.07, 6.45) is 2.20. The van der Waals surface area contributed by atoms with Gasteiger partial charge in [0, 0.05) is 18.3 Å². The van der Waals surface area contributed by atoms with E-state index in [0.29, 0.717) is 5.82 Å². The third-order valence-electron chi connectivity index (χ3n) is 3.14. The Labute approximate surface area is 105 Å². The lowest BCUT2D eigenvalue weighted by molar-refractivity contribution is 0.759. The van der Waals surface area contributed by atoms with E-state index >= 15 is 0 Å². The molecule has 0 fully saturated rings. The lowest BCUT2D eigenvalue weighted by Crippen LogP contribution is -2.25. The summed E-state index contributed by atoms with van der Waals surface area (Å²) < 4.78 is 0. The molecule has 92 valence electrons. The molecule has 4 N–H and O–H groups in total. The van der Waals surface area contributed by atoms with Crippen molar-refractivity contribution in [3.05, 3.63) is 35.9 Å². The van der Waals surface area contributed by atoms with Crippen molar-refractivity contribution in [2.24, 2.45) is 0 Å². The normalized spacial score (nSPS) is 14.3. The number of anilines is 4. The minimum Gasteiger partial charge on any atom is -0.383 e. The van der Waals surface area contributed by atoms with E-state index in [9.17, 15) is 0 Å². The maximum atomic E-state index is 5.73. The second-order valence-electron chi connectivity index (χ2n) is 4.39. The average molecular weight is 241 g/mol. The van der Waals surface area contributed by atoms with Crippen LogP contribution < -0.4 is 16.4 Å². The number of rotatable bonds is 1. The fourth-order valence-electron chi connectivity index (χ4n) is 2.38. The van der Waals surface area contributed by atoms with Crippen molar-refractivity contribution < 1.29 is 0 Å². The van der Waals surface area contributed by atoms with Gasteiger partial charge in [0.25, 0.3) is 0 Å². The van der Waals surface area contributed by atoms with Crippen molar-refractivity contribution >= 4 is 23.3 Å². The first-order chi connectivity index (χ1) is 8.74. The highest BCUT2D eigenvalue weighted by atomic mass is 15.2. The predicted molar refractivity (Wildman–Crippen MR) is 72.6 cm³/mol. The van der Waals surface area contributed by atoms with Crippen LogP contribution in [0.15, 0.2) is 30.3 Å². The molecule has 0 saturated carbocycles. The Bertz CT molecular complexity index is 561. The van der Waals surface area contributed by atoms with Crippen molar-refractivity contribution in [1.29, 1.82) is 0 Å². The summed E-state index contributed by atoms with van der Waals surface area (Å²) >= 11 is 0. The monoisotopic (exact) mass is 241 g/mol. The van der Waals surface area contributed by atoms with Gasteiger partial charge >= 0.3 is 0 Å². The van der Waals surface area contributed by atoms with E-state index in [2.05, 4.69) is 33.1 Å². The number of nitrogen functional groups attached to an aromatic ring is 2. The van der Waals surface area contributed by atoms with Crippen LogP contribution in [0, 0.1) is 0 Å². The zero-order valence-corrected chi connectivity index (χ0v) is 10.0. The Morgan fingerprint density at radius 3 is 2.78 bits per heavy atom. The predicted octanol–water partition coefficient (Wildman–Crippen LogP) is 1.73. The summed E-state index contributed by atoms with van der Waals surface area (Å²) in [7, 11) is 0. The molecule has 5 heteroatoms. The van der Waals surface area contributed by atoms with Crippen molar-refractivity contribution in [1.82, 2.24) is 9.97 Å². The molecule has 1 aromatic heterocycles. The van der Waals surface area contributed by atoms with Gasteiger partial charge in [-0.1, -0.05) is 18.2 Å². The van der Waals surface area contributed by atoms with Gasteiger partial charge in [0.15, 0.2) is 0 Å². The molecular formula is C13H15N5. The van der Waals surface area contributed by atoms with Crippen LogP contribution >= 0.6 is 0 Å². The van der Waals surface area contributed by atoms with E-state index in [-0.39, 0.29) is 5.95 Å². The molecule has 18 heavy (non-hydrogen) atoms. The first-order valence-electron chi connectivity index (χ1n) is 5.99. The van der Waals surface area contributed by atoms with Crippen LogP contribution in [0.2, 0.25) is 0 Å². The molecular weight excluding hydrogens is 226 g/mol. The number of benzene rings is 1. The van der Waals surface area contributed by atoms with Crippen LogP contribution in [0.5, 0.6) is 0 Å². The summed E-state index contributed by atoms with van der Waals surface area (Å²) in [5.41, 5.74) is 13.9. The highest BCUT2D eigenvalue weighted by molar-refractivity contribution is 5.67. The average Bonchev–Trinajstić information content (AvgIpc) is 2.37. The zero-order valence-electron chi connectivity index (χ0n) is 10.0. The topological polar surface area (TPSA) is 81.1 Å². The third-order valence-corrected chi connectivity index (χ3v) is 3.14. The van der Waals surface area contributed by atoms with E-state index in [4.69, 9.17) is 11.5 Å². The quantitative estimate of drug-likeness (QED) is 0.794. The number of nitrogens with zero attached hydrogens (tertiary/aromatic N) is 3. The molecule has 0 radical (unpaired) electrons. The molecule has 2 heterocycles. The van der Waals surface area contributed by atoms with E-state index in [1.54, 1.807) is 6.07 Å². The maximum absolute atomic E-state index is 5.73. The second-order valence-corrected chi connectivity index (χ2v) is 4.39. The highest BCUT2D eigenvalue weighted by Gasteiger charge is 2.19. The Hall–Kier alpha value is -2.30. The van der Waals surface area contributed by atoms with Gasteiger partial charge in [0.1, 0.15) is 11.6 Å². The van der Waals surface area contributed by atoms with Gasteiger partial charge in [-0.2, -0.15) is 9.97 Å². The molecule has 0 bridgehead atoms. The van der Waals surface area contributed by atoms with E-state index in [0.717, 1.165) is 25.2 Å². The van der Waals surface area contributed by atoms with Crippen molar-refractivity contribution in [2.45, 2.75) is 12.8 Å². The second kappa shape index (κ2) is 4.18. The highest BCUT2D eigenvalue weighted by Crippen LogP contribution is 2.32. The Morgan fingerprint density at radius 2 is 1.94 bits per heavy atom. The van der Waals surface area contributed by atoms with Gasteiger partial charge < -0.3 is 16.4 Å². The minimum absolute atomic E-state index is 0.216. The number of aromatic nitrogens is 2. The molecule has 1 aliphatic rings. The molecule has 0 atom stereocenters. The van der Waals surface area contributed by atoms with E-state index in [1.165, 1.54) is 11.3 Å². The summed E-state index contributed by atoms with van der Waals surface area (Å²) in [6.45, 7) is 0.924. The smallest absolute Gasteiger partial charge is 0.223 e.